The molecule has 2 aromatic carbocycles. The summed E-state index contributed by atoms with van der Waals surface area (Å²) in [6, 6.07) is 10.8. The molecule has 0 fully saturated rings. The Morgan fingerprint density at radius 1 is 1.14 bits per heavy atom. The Kier molecular flexibility index (Phi) is 5.65. The summed E-state index contributed by atoms with van der Waals surface area (Å²) in [6.07, 6.45) is 0.700. The highest BCUT2D eigenvalue weighted by Crippen LogP contribution is 2.36. The molecule has 28 heavy (non-hydrogen) atoms. The monoisotopic (exact) mass is 443 g/mol. The van der Waals surface area contributed by atoms with Gasteiger partial charge in [0.1, 0.15) is 0 Å². The van der Waals surface area contributed by atoms with Crippen LogP contribution in [-0.4, -0.2) is 28.3 Å². The van der Waals surface area contributed by atoms with Crippen molar-refractivity contribution in [2.45, 2.75) is 6.92 Å². The molecule has 0 aliphatic rings. The minimum Gasteiger partial charge on any atom is -0.493 e. The van der Waals surface area contributed by atoms with Gasteiger partial charge in [0.05, 0.1) is 12.0 Å². The molecule has 3 aromatic rings. The van der Waals surface area contributed by atoms with Gasteiger partial charge in [-0.2, -0.15) is 4.98 Å². The van der Waals surface area contributed by atoms with Gasteiger partial charge in [-0.3, -0.25) is 14.9 Å². The first kappa shape index (κ1) is 19.4. The maximum atomic E-state index is 11.1. The van der Waals surface area contributed by atoms with Crippen LogP contribution in [0.5, 0.6) is 17.4 Å². The lowest BCUT2D eigenvalue weighted by atomic mass is 10.2. The summed E-state index contributed by atoms with van der Waals surface area (Å²) in [5.41, 5.74) is 1.47. The smallest absolute Gasteiger partial charge is 0.270 e. The van der Waals surface area contributed by atoms with Gasteiger partial charge in [-0.1, -0.05) is 12.1 Å². The number of aromatic nitrogens is 2. The third-order valence-corrected chi connectivity index (χ3v) is 4.46. The van der Waals surface area contributed by atoms with E-state index in [0.717, 1.165) is 0 Å². The molecule has 0 N–H and O–H groups in total. The molecule has 0 aliphatic carbocycles. The maximum absolute atomic E-state index is 11.1. The topological polar surface area (TPSA) is 104 Å². The number of nitrogens with zero attached hydrogens (tertiary/aromatic N) is 3. The minimum absolute atomic E-state index is 0.0554. The van der Waals surface area contributed by atoms with Crippen LogP contribution in [0.4, 0.5) is 5.69 Å². The first-order valence-electron chi connectivity index (χ1n) is 8.02. The van der Waals surface area contributed by atoms with Gasteiger partial charge in [0.2, 0.25) is 5.88 Å². The SMILES string of the molecule is COc1cc(C=O)c(Br)cc1Oc1cc(C)nc(-c2cccc([N+](=O)[O-])c2)n1. The van der Waals surface area contributed by atoms with Gasteiger partial charge in [0.15, 0.2) is 23.6 Å². The van der Waals surface area contributed by atoms with E-state index in [9.17, 15) is 14.9 Å². The number of carbonyl (C=O) groups excluding carboxylic acids is 1. The molecule has 9 heteroatoms. The fourth-order valence-electron chi connectivity index (χ4n) is 2.47. The number of aldehydes is 1. The molecule has 0 atom stereocenters. The Labute approximate surface area is 168 Å². The molecule has 0 saturated heterocycles. The number of benzene rings is 2. The Bertz CT molecular complexity index is 1070. The van der Waals surface area contributed by atoms with E-state index < -0.39 is 4.92 Å². The summed E-state index contributed by atoms with van der Waals surface area (Å²) < 4.78 is 11.7. The summed E-state index contributed by atoms with van der Waals surface area (Å²) in [5, 5.41) is 11.0. The number of nitro groups is 1. The van der Waals surface area contributed by atoms with Gasteiger partial charge in [0, 0.05) is 39.5 Å². The van der Waals surface area contributed by atoms with Crippen LogP contribution in [0.2, 0.25) is 0 Å². The highest BCUT2D eigenvalue weighted by Gasteiger charge is 2.14. The molecule has 142 valence electrons. The third-order valence-electron chi connectivity index (χ3n) is 3.77. The van der Waals surface area contributed by atoms with Crippen molar-refractivity contribution >= 4 is 27.9 Å². The van der Waals surface area contributed by atoms with Crippen LogP contribution < -0.4 is 9.47 Å². The quantitative estimate of drug-likeness (QED) is 0.307. The number of halogens is 1. The van der Waals surface area contributed by atoms with Crippen molar-refractivity contribution in [2.24, 2.45) is 0 Å². The molecular weight excluding hydrogens is 430 g/mol. The number of rotatable bonds is 6. The number of ether oxygens (including phenoxy) is 2. The van der Waals surface area contributed by atoms with Crippen molar-refractivity contribution in [3.63, 3.8) is 0 Å². The summed E-state index contributed by atoms with van der Waals surface area (Å²) in [6.45, 7) is 1.76. The second-order valence-electron chi connectivity index (χ2n) is 5.72. The van der Waals surface area contributed by atoms with Crippen LogP contribution >= 0.6 is 15.9 Å². The van der Waals surface area contributed by atoms with E-state index in [0.29, 0.717) is 44.9 Å². The van der Waals surface area contributed by atoms with Gasteiger partial charge >= 0.3 is 0 Å². The van der Waals surface area contributed by atoms with E-state index in [4.69, 9.17) is 9.47 Å². The first-order chi connectivity index (χ1) is 13.4. The molecule has 0 spiro atoms. The zero-order chi connectivity index (χ0) is 20.3. The highest BCUT2D eigenvalue weighted by atomic mass is 79.9. The number of methoxy groups -OCH3 is 1. The Balaban J connectivity index is 2.01. The van der Waals surface area contributed by atoms with E-state index in [1.165, 1.54) is 19.2 Å². The zero-order valence-corrected chi connectivity index (χ0v) is 16.5. The zero-order valence-electron chi connectivity index (χ0n) is 14.9. The van der Waals surface area contributed by atoms with Gasteiger partial charge in [-0.15, -0.1) is 0 Å². The van der Waals surface area contributed by atoms with E-state index in [1.54, 1.807) is 37.3 Å². The summed E-state index contributed by atoms with van der Waals surface area (Å²) in [7, 11) is 1.46. The Morgan fingerprint density at radius 3 is 2.61 bits per heavy atom. The number of non-ortho nitro benzene ring substituents is 1. The average molecular weight is 444 g/mol. The van der Waals surface area contributed by atoms with E-state index >= 15 is 0 Å². The number of hydrogen-bond acceptors (Lipinski definition) is 7. The normalized spacial score (nSPS) is 10.4. The molecule has 0 saturated carbocycles. The number of hydrogen-bond donors (Lipinski definition) is 0. The predicted molar refractivity (Wildman–Crippen MR) is 105 cm³/mol. The van der Waals surface area contributed by atoms with Gasteiger partial charge in [0.25, 0.3) is 5.69 Å². The lowest BCUT2D eigenvalue weighted by Gasteiger charge is -2.12. The lowest BCUT2D eigenvalue weighted by Crippen LogP contribution is -1.98. The summed E-state index contributed by atoms with van der Waals surface area (Å²) in [4.78, 5) is 30.3. The standard InChI is InChI=1S/C19H14BrN3O5/c1-11-6-18(28-17-9-15(20)13(10-24)8-16(17)27-2)22-19(21-11)12-4-3-5-14(7-12)23(25)26/h3-10H,1-2H3. The van der Waals surface area contributed by atoms with Crippen molar-refractivity contribution in [1.82, 2.24) is 9.97 Å². The molecular formula is C19H14BrN3O5. The van der Waals surface area contributed by atoms with Gasteiger partial charge in [-0.25, -0.2) is 4.98 Å². The Hall–Kier alpha value is -3.33. The summed E-state index contributed by atoms with van der Waals surface area (Å²) in [5.74, 6) is 1.24. The second kappa shape index (κ2) is 8.13. The van der Waals surface area contributed by atoms with Crippen molar-refractivity contribution < 1.29 is 19.2 Å². The predicted octanol–water partition coefficient (Wildman–Crippen LogP) is 4.74. The maximum Gasteiger partial charge on any atom is 0.270 e. The largest absolute Gasteiger partial charge is 0.493 e. The van der Waals surface area contributed by atoms with Crippen LogP contribution in [0.3, 0.4) is 0 Å². The molecule has 3 rings (SSSR count). The molecule has 1 aromatic heterocycles. The molecule has 0 radical (unpaired) electrons. The van der Waals surface area contributed by atoms with Crippen molar-refractivity contribution in [3.8, 4) is 28.8 Å². The molecule has 0 unspecified atom stereocenters. The summed E-state index contributed by atoms with van der Waals surface area (Å²) >= 11 is 3.31. The lowest BCUT2D eigenvalue weighted by molar-refractivity contribution is -0.384. The molecule has 0 aliphatic heterocycles. The van der Waals surface area contributed by atoms with Crippen LogP contribution in [0, 0.1) is 17.0 Å². The number of carbonyl (C=O) groups is 1. The van der Waals surface area contributed by atoms with E-state index in [-0.39, 0.29) is 11.6 Å². The molecule has 1 heterocycles. The molecule has 0 bridgehead atoms. The van der Waals surface area contributed by atoms with Crippen molar-refractivity contribution in [3.05, 3.63) is 68.3 Å². The molecule has 8 nitrogen and oxygen atoms in total. The highest BCUT2D eigenvalue weighted by molar-refractivity contribution is 9.10. The second-order valence-corrected chi connectivity index (χ2v) is 6.58. The van der Waals surface area contributed by atoms with Crippen LogP contribution in [0.1, 0.15) is 16.1 Å². The van der Waals surface area contributed by atoms with Crippen LogP contribution in [0.15, 0.2) is 46.9 Å². The van der Waals surface area contributed by atoms with E-state index in [2.05, 4.69) is 25.9 Å². The van der Waals surface area contributed by atoms with Crippen LogP contribution in [0.25, 0.3) is 11.4 Å². The Morgan fingerprint density at radius 2 is 1.93 bits per heavy atom. The fraction of sp³-hybridized carbons (Fsp3) is 0.105. The van der Waals surface area contributed by atoms with E-state index in [1.807, 2.05) is 0 Å². The van der Waals surface area contributed by atoms with Gasteiger partial charge < -0.3 is 9.47 Å². The molecule has 0 amide bonds. The number of nitro benzene ring substituents is 1. The van der Waals surface area contributed by atoms with Gasteiger partial charge in [-0.05, 0) is 35.0 Å². The first-order valence-corrected chi connectivity index (χ1v) is 8.81. The fourth-order valence-corrected chi connectivity index (χ4v) is 2.89. The third kappa shape index (κ3) is 4.15. The van der Waals surface area contributed by atoms with Crippen LogP contribution in [-0.2, 0) is 0 Å². The van der Waals surface area contributed by atoms with Crippen molar-refractivity contribution in [2.75, 3.05) is 7.11 Å². The average Bonchev–Trinajstić information content (AvgIpc) is 2.68. The van der Waals surface area contributed by atoms with Crippen molar-refractivity contribution in [1.29, 1.82) is 0 Å². The minimum atomic E-state index is -0.478. The number of aryl methyl sites for hydroxylation is 1.